The van der Waals surface area contributed by atoms with Gasteiger partial charge in [0, 0.05) is 27.9 Å². The van der Waals surface area contributed by atoms with Crippen LogP contribution in [-0.2, 0) is 0 Å². The summed E-state index contributed by atoms with van der Waals surface area (Å²) in [5, 5.41) is 7.17. The predicted molar refractivity (Wildman–Crippen MR) is 94.7 cm³/mol. The SMILES string of the molecule is CCNc1nc(-c2csc(Br)c2)nc2c(Cl)cc(Cl)cc12. The lowest BCUT2D eigenvalue weighted by Gasteiger charge is -2.10. The number of thiophene rings is 1. The highest BCUT2D eigenvalue weighted by molar-refractivity contribution is 9.11. The Kier molecular flexibility index (Phi) is 4.36. The van der Waals surface area contributed by atoms with Gasteiger partial charge >= 0.3 is 0 Å². The maximum Gasteiger partial charge on any atom is 0.163 e. The summed E-state index contributed by atoms with van der Waals surface area (Å²) >= 11 is 17.4. The Labute approximate surface area is 144 Å². The summed E-state index contributed by atoms with van der Waals surface area (Å²) < 4.78 is 1.04. The molecule has 1 N–H and O–H groups in total. The van der Waals surface area contributed by atoms with Gasteiger partial charge in [0.05, 0.1) is 14.3 Å². The molecule has 0 unspecified atom stereocenters. The number of nitrogens with one attached hydrogen (secondary N) is 1. The van der Waals surface area contributed by atoms with E-state index in [1.54, 1.807) is 17.4 Å². The fourth-order valence-corrected chi connectivity index (χ4v) is 3.69. The minimum Gasteiger partial charge on any atom is -0.370 e. The molecule has 0 bridgehead atoms. The molecule has 0 amide bonds. The lowest BCUT2D eigenvalue weighted by Crippen LogP contribution is -2.03. The Morgan fingerprint density at radius 1 is 1.24 bits per heavy atom. The van der Waals surface area contributed by atoms with Gasteiger partial charge in [0.15, 0.2) is 5.82 Å². The molecule has 21 heavy (non-hydrogen) atoms. The average Bonchev–Trinajstić information content (AvgIpc) is 2.86. The molecule has 0 radical (unpaired) electrons. The highest BCUT2D eigenvalue weighted by Crippen LogP contribution is 2.34. The Morgan fingerprint density at radius 3 is 2.71 bits per heavy atom. The highest BCUT2D eigenvalue weighted by atomic mass is 79.9. The molecule has 7 heteroatoms. The quantitative estimate of drug-likeness (QED) is 0.596. The van der Waals surface area contributed by atoms with E-state index in [4.69, 9.17) is 23.2 Å². The number of benzene rings is 1. The second-order valence-electron chi connectivity index (χ2n) is 4.35. The third-order valence-electron chi connectivity index (χ3n) is 2.89. The van der Waals surface area contributed by atoms with Gasteiger partial charge in [0.2, 0.25) is 0 Å². The molecular weight excluding hydrogens is 393 g/mol. The van der Waals surface area contributed by atoms with Crippen LogP contribution in [0.5, 0.6) is 0 Å². The summed E-state index contributed by atoms with van der Waals surface area (Å²) in [6.45, 7) is 2.77. The number of aromatic nitrogens is 2. The lowest BCUT2D eigenvalue weighted by molar-refractivity contribution is 1.15. The Morgan fingerprint density at radius 2 is 2.05 bits per heavy atom. The number of nitrogens with zero attached hydrogens (tertiary/aromatic N) is 2. The molecule has 0 spiro atoms. The molecule has 0 saturated heterocycles. The Bertz CT molecular complexity index is 819. The molecular formula is C14H10BrCl2N3S. The maximum atomic E-state index is 6.29. The second-order valence-corrected chi connectivity index (χ2v) is 7.48. The molecule has 3 rings (SSSR count). The van der Waals surface area contributed by atoms with Crippen LogP contribution in [0.3, 0.4) is 0 Å². The van der Waals surface area contributed by atoms with E-state index in [0.717, 1.165) is 27.1 Å². The Balaban J connectivity index is 2.28. The standard InChI is InChI=1S/C14H10BrCl2N3S/c1-2-18-14-9-4-8(16)5-10(17)12(9)19-13(20-14)7-3-11(15)21-6-7/h3-6H,2H2,1H3,(H,18,19,20). The van der Waals surface area contributed by atoms with Crippen molar-refractivity contribution in [3.05, 3.63) is 37.4 Å². The molecule has 3 aromatic rings. The van der Waals surface area contributed by atoms with E-state index in [9.17, 15) is 0 Å². The van der Waals surface area contributed by atoms with Gasteiger partial charge in [-0.25, -0.2) is 9.97 Å². The topological polar surface area (TPSA) is 37.8 Å². The summed E-state index contributed by atoms with van der Waals surface area (Å²) in [6.07, 6.45) is 0. The van der Waals surface area contributed by atoms with E-state index in [2.05, 4.69) is 31.2 Å². The lowest BCUT2D eigenvalue weighted by atomic mass is 10.2. The molecule has 0 atom stereocenters. The summed E-state index contributed by atoms with van der Waals surface area (Å²) in [6, 6.07) is 5.51. The van der Waals surface area contributed by atoms with Crippen LogP contribution in [0, 0.1) is 0 Å². The first-order chi connectivity index (χ1) is 10.1. The van der Waals surface area contributed by atoms with Crippen LogP contribution in [0.1, 0.15) is 6.92 Å². The van der Waals surface area contributed by atoms with Crippen LogP contribution >= 0.6 is 50.5 Å². The maximum absolute atomic E-state index is 6.29. The van der Waals surface area contributed by atoms with Crippen molar-refractivity contribution in [2.45, 2.75) is 6.92 Å². The van der Waals surface area contributed by atoms with Crippen molar-refractivity contribution in [3.8, 4) is 11.4 Å². The predicted octanol–water partition coefficient (Wildman–Crippen LogP) is 5.86. The van der Waals surface area contributed by atoms with Crippen molar-refractivity contribution in [2.75, 3.05) is 11.9 Å². The number of hydrogen-bond acceptors (Lipinski definition) is 4. The first kappa shape index (κ1) is 15.0. The van der Waals surface area contributed by atoms with Gasteiger partial charge in [0.1, 0.15) is 5.82 Å². The van der Waals surface area contributed by atoms with E-state index < -0.39 is 0 Å². The van der Waals surface area contributed by atoms with Crippen LogP contribution in [0.2, 0.25) is 10.0 Å². The number of fused-ring (bicyclic) bond motifs is 1. The minimum absolute atomic E-state index is 0.523. The van der Waals surface area contributed by atoms with Gasteiger partial charge in [-0.3, -0.25) is 0 Å². The minimum atomic E-state index is 0.523. The largest absolute Gasteiger partial charge is 0.370 e. The smallest absolute Gasteiger partial charge is 0.163 e. The zero-order valence-corrected chi connectivity index (χ0v) is 14.9. The molecule has 2 aromatic heterocycles. The third kappa shape index (κ3) is 3.01. The van der Waals surface area contributed by atoms with Crippen LogP contribution in [0.25, 0.3) is 22.3 Å². The van der Waals surface area contributed by atoms with Crippen LogP contribution < -0.4 is 5.32 Å². The summed E-state index contributed by atoms with van der Waals surface area (Å²) in [5.41, 5.74) is 1.66. The van der Waals surface area contributed by atoms with Crippen molar-refractivity contribution in [2.24, 2.45) is 0 Å². The van der Waals surface area contributed by atoms with Crippen molar-refractivity contribution in [1.82, 2.24) is 9.97 Å². The van der Waals surface area contributed by atoms with Gasteiger partial charge in [-0.15, -0.1) is 11.3 Å². The summed E-state index contributed by atoms with van der Waals surface area (Å²) in [5.74, 6) is 1.38. The van der Waals surface area contributed by atoms with E-state index in [1.807, 2.05) is 24.4 Å². The fourth-order valence-electron chi connectivity index (χ4n) is 2.02. The first-order valence-corrected chi connectivity index (χ1v) is 8.66. The Hall–Kier alpha value is -0.880. The van der Waals surface area contributed by atoms with Gasteiger partial charge in [-0.1, -0.05) is 23.2 Å². The third-order valence-corrected chi connectivity index (χ3v) is 4.90. The molecule has 0 aliphatic rings. The van der Waals surface area contributed by atoms with Gasteiger partial charge in [0.25, 0.3) is 0 Å². The van der Waals surface area contributed by atoms with Crippen molar-refractivity contribution < 1.29 is 0 Å². The summed E-state index contributed by atoms with van der Waals surface area (Å²) in [4.78, 5) is 9.19. The molecule has 1 aromatic carbocycles. The highest BCUT2D eigenvalue weighted by Gasteiger charge is 2.13. The molecule has 0 aliphatic heterocycles. The van der Waals surface area contributed by atoms with E-state index >= 15 is 0 Å². The molecule has 0 fully saturated rings. The molecule has 2 heterocycles. The number of rotatable bonds is 3. The van der Waals surface area contributed by atoms with E-state index in [-0.39, 0.29) is 0 Å². The molecule has 3 nitrogen and oxygen atoms in total. The number of hydrogen-bond donors (Lipinski definition) is 1. The van der Waals surface area contributed by atoms with Crippen LogP contribution in [0.4, 0.5) is 5.82 Å². The first-order valence-electron chi connectivity index (χ1n) is 6.23. The fraction of sp³-hybridized carbons (Fsp3) is 0.143. The normalized spacial score (nSPS) is 11.0. The zero-order chi connectivity index (χ0) is 15.0. The van der Waals surface area contributed by atoms with Crippen LogP contribution in [0.15, 0.2) is 27.4 Å². The summed E-state index contributed by atoms with van der Waals surface area (Å²) in [7, 11) is 0. The van der Waals surface area contributed by atoms with Crippen molar-refractivity contribution in [1.29, 1.82) is 0 Å². The van der Waals surface area contributed by atoms with Crippen molar-refractivity contribution in [3.63, 3.8) is 0 Å². The molecule has 108 valence electrons. The number of anilines is 1. The van der Waals surface area contributed by atoms with Gasteiger partial charge < -0.3 is 5.32 Å². The molecule has 0 aliphatic carbocycles. The van der Waals surface area contributed by atoms with Crippen LogP contribution in [-0.4, -0.2) is 16.5 Å². The van der Waals surface area contributed by atoms with Gasteiger partial charge in [-0.2, -0.15) is 0 Å². The molecule has 0 saturated carbocycles. The number of halogens is 3. The van der Waals surface area contributed by atoms with Crippen molar-refractivity contribution >= 4 is 67.2 Å². The zero-order valence-electron chi connectivity index (χ0n) is 11.0. The van der Waals surface area contributed by atoms with E-state index in [1.165, 1.54) is 0 Å². The average molecular weight is 403 g/mol. The van der Waals surface area contributed by atoms with E-state index in [0.29, 0.717) is 21.4 Å². The van der Waals surface area contributed by atoms with Gasteiger partial charge in [-0.05, 0) is 41.1 Å². The monoisotopic (exact) mass is 401 g/mol. The second kappa shape index (κ2) is 6.08.